The number of carbonyl (C=O) groups is 1. The lowest BCUT2D eigenvalue weighted by molar-refractivity contribution is -0.122. The van der Waals surface area contributed by atoms with Crippen molar-refractivity contribution >= 4 is 13.0 Å². The number of carbonyl (C=O) groups excluding carboxylic acids is 1. The first-order valence-corrected chi connectivity index (χ1v) is 9.91. The molecule has 0 saturated carbocycles. The van der Waals surface area contributed by atoms with Crippen molar-refractivity contribution in [1.29, 1.82) is 0 Å². The first kappa shape index (κ1) is 21.6. The van der Waals surface area contributed by atoms with Gasteiger partial charge in [0, 0.05) is 5.56 Å². The highest BCUT2D eigenvalue weighted by atomic mass is 16.4. The molecule has 0 saturated heterocycles. The lowest BCUT2D eigenvalue weighted by Crippen LogP contribution is -2.48. The molecule has 0 radical (unpaired) electrons. The van der Waals surface area contributed by atoms with Gasteiger partial charge in [-0.2, -0.15) is 5.10 Å². The molecule has 0 aliphatic carbocycles. The lowest BCUT2D eigenvalue weighted by atomic mass is 9.75. The maximum Gasteiger partial charge on any atom is 0.475 e. The molecule has 0 fully saturated rings. The van der Waals surface area contributed by atoms with E-state index in [4.69, 9.17) is 0 Å². The summed E-state index contributed by atoms with van der Waals surface area (Å²) in [4.78, 5) is 12.7. The first-order chi connectivity index (χ1) is 14.3. The predicted molar refractivity (Wildman–Crippen MR) is 116 cm³/mol. The van der Waals surface area contributed by atoms with Crippen LogP contribution in [0.4, 0.5) is 0 Å². The Kier molecular flexibility index (Phi) is 6.92. The molecule has 1 aromatic heterocycles. The van der Waals surface area contributed by atoms with Gasteiger partial charge in [-0.25, -0.2) is 0 Å². The van der Waals surface area contributed by atoms with Gasteiger partial charge in [-0.3, -0.25) is 9.48 Å². The van der Waals surface area contributed by atoms with E-state index in [1.807, 2.05) is 56.3 Å². The maximum absolute atomic E-state index is 12.7. The summed E-state index contributed by atoms with van der Waals surface area (Å²) in [5, 5.41) is 36.2. The molecule has 0 spiro atoms. The molecule has 1 heterocycles. The molecule has 0 unspecified atom stereocenters. The van der Waals surface area contributed by atoms with Crippen LogP contribution in [0, 0.1) is 5.92 Å². The topological polar surface area (TPSA) is 108 Å². The van der Waals surface area contributed by atoms with E-state index in [0.717, 1.165) is 16.8 Å². The molecule has 1 atom stereocenters. The summed E-state index contributed by atoms with van der Waals surface area (Å²) in [6.07, 6.45) is 0.447. The Morgan fingerprint density at radius 3 is 2.40 bits per heavy atom. The summed E-state index contributed by atoms with van der Waals surface area (Å²) in [5.74, 6) is -0.788. The van der Waals surface area contributed by atoms with E-state index >= 15 is 0 Å². The number of nitrogens with one attached hydrogen (secondary N) is 1. The van der Waals surface area contributed by atoms with E-state index in [1.165, 1.54) is 0 Å². The fraction of sp³-hybridized carbons (Fsp3) is 0.273. The summed E-state index contributed by atoms with van der Waals surface area (Å²) >= 11 is 0. The number of aromatic hydroxyl groups is 1. The van der Waals surface area contributed by atoms with Crippen LogP contribution in [0.1, 0.15) is 20.3 Å². The van der Waals surface area contributed by atoms with Crippen LogP contribution in [0.5, 0.6) is 5.75 Å². The van der Waals surface area contributed by atoms with Gasteiger partial charge in [0.2, 0.25) is 5.91 Å². The minimum Gasteiger partial charge on any atom is -0.508 e. The quantitative estimate of drug-likeness (QED) is 0.429. The SMILES string of the molecule is CC(C)C[C@H](NC(=O)Cn1nc(-c2cccc(O)c2)cc1-c1ccccc1)B(O)O. The van der Waals surface area contributed by atoms with Crippen LogP contribution in [0.3, 0.4) is 0 Å². The molecule has 1 amide bonds. The van der Waals surface area contributed by atoms with Crippen molar-refractivity contribution in [2.75, 3.05) is 0 Å². The van der Waals surface area contributed by atoms with Crippen LogP contribution < -0.4 is 5.32 Å². The third kappa shape index (κ3) is 5.49. The van der Waals surface area contributed by atoms with E-state index < -0.39 is 13.1 Å². The number of phenols is 1. The Morgan fingerprint density at radius 2 is 1.77 bits per heavy atom. The average Bonchev–Trinajstić information content (AvgIpc) is 3.11. The number of amides is 1. The van der Waals surface area contributed by atoms with Gasteiger partial charge < -0.3 is 20.5 Å². The van der Waals surface area contributed by atoms with Crippen molar-refractivity contribution in [2.45, 2.75) is 32.8 Å². The lowest BCUT2D eigenvalue weighted by Gasteiger charge is -2.20. The Balaban J connectivity index is 1.90. The summed E-state index contributed by atoms with van der Waals surface area (Å²) in [6, 6.07) is 18.2. The van der Waals surface area contributed by atoms with E-state index in [1.54, 1.807) is 22.9 Å². The van der Waals surface area contributed by atoms with Gasteiger partial charge in [0.25, 0.3) is 0 Å². The van der Waals surface area contributed by atoms with Crippen molar-refractivity contribution in [3.05, 3.63) is 60.7 Å². The fourth-order valence-electron chi connectivity index (χ4n) is 3.34. The minimum atomic E-state index is -1.63. The van der Waals surface area contributed by atoms with Gasteiger partial charge in [-0.1, -0.05) is 56.3 Å². The van der Waals surface area contributed by atoms with E-state index in [0.29, 0.717) is 12.1 Å². The zero-order chi connectivity index (χ0) is 21.7. The second-order valence-electron chi connectivity index (χ2n) is 7.71. The van der Waals surface area contributed by atoms with Crippen LogP contribution in [0.2, 0.25) is 0 Å². The van der Waals surface area contributed by atoms with Gasteiger partial charge in [0.15, 0.2) is 0 Å². The molecule has 0 aliphatic heterocycles. The van der Waals surface area contributed by atoms with Crippen molar-refractivity contribution < 1.29 is 19.9 Å². The number of nitrogens with zero attached hydrogens (tertiary/aromatic N) is 2. The minimum absolute atomic E-state index is 0.0790. The molecule has 3 aromatic rings. The molecule has 4 N–H and O–H groups in total. The predicted octanol–water partition coefficient (Wildman–Crippen LogP) is 2.47. The molecule has 7 nitrogen and oxygen atoms in total. The maximum atomic E-state index is 12.7. The molecule has 3 rings (SSSR count). The highest BCUT2D eigenvalue weighted by molar-refractivity contribution is 6.43. The highest BCUT2D eigenvalue weighted by Crippen LogP contribution is 2.28. The van der Waals surface area contributed by atoms with Crippen molar-refractivity contribution in [3.63, 3.8) is 0 Å². The third-order valence-corrected chi connectivity index (χ3v) is 4.72. The van der Waals surface area contributed by atoms with Gasteiger partial charge >= 0.3 is 7.12 Å². The van der Waals surface area contributed by atoms with Crippen LogP contribution in [-0.4, -0.2) is 43.9 Å². The molecule has 0 bridgehead atoms. The monoisotopic (exact) mass is 407 g/mol. The van der Waals surface area contributed by atoms with Gasteiger partial charge in [-0.15, -0.1) is 0 Å². The van der Waals surface area contributed by atoms with E-state index in [2.05, 4.69) is 10.4 Å². The molecule has 8 heteroatoms. The van der Waals surface area contributed by atoms with Gasteiger partial charge in [0.1, 0.15) is 12.3 Å². The number of aromatic nitrogens is 2. The summed E-state index contributed by atoms with van der Waals surface area (Å²) in [6.45, 7) is 3.82. The second-order valence-corrected chi connectivity index (χ2v) is 7.71. The average molecular weight is 407 g/mol. The number of phenolic OH excluding ortho intramolecular Hbond substituents is 1. The smallest absolute Gasteiger partial charge is 0.475 e. The van der Waals surface area contributed by atoms with Crippen LogP contribution in [0.25, 0.3) is 22.5 Å². The van der Waals surface area contributed by atoms with Crippen molar-refractivity contribution in [3.8, 4) is 28.3 Å². The zero-order valence-corrected chi connectivity index (χ0v) is 17.1. The van der Waals surface area contributed by atoms with Crippen LogP contribution in [-0.2, 0) is 11.3 Å². The van der Waals surface area contributed by atoms with E-state index in [9.17, 15) is 19.9 Å². The Morgan fingerprint density at radius 1 is 1.07 bits per heavy atom. The molecular formula is C22H26BN3O4. The number of hydrogen-bond acceptors (Lipinski definition) is 5. The molecular weight excluding hydrogens is 381 g/mol. The van der Waals surface area contributed by atoms with Crippen LogP contribution >= 0.6 is 0 Å². The number of rotatable bonds is 8. The third-order valence-electron chi connectivity index (χ3n) is 4.72. The fourth-order valence-corrected chi connectivity index (χ4v) is 3.34. The zero-order valence-electron chi connectivity index (χ0n) is 17.1. The van der Waals surface area contributed by atoms with Crippen molar-refractivity contribution in [2.24, 2.45) is 5.92 Å². The molecule has 0 aliphatic rings. The Hall–Kier alpha value is -3.10. The Labute approximate surface area is 176 Å². The molecule has 2 aromatic carbocycles. The first-order valence-electron chi connectivity index (χ1n) is 9.91. The summed E-state index contributed by atoms with van der Waals surface area (Å²) in [5.41, 5.74) is 2.99. The molecule has 30 heavy (non-hydrogen) atoms. The standard InChI is InChI=1S/C22H26BN3O4/c1-15(2)11-21(23(29)30)24-22(28)14-26-20(16-7-4-3-5-8-16)13-19(25-26)17-9-6-10-18(27)12-17/h3-10,12-13,15,21,27,29-30H,11,14H2,1-2H3,(H,24,28)/t21-/m0/s1. The molecule has 156 valence electrons. The summed E-state index contributed by atoms with van der Waals surface area (Å²) < 4.78 is 1.58. The highest BCUT2D eigenvalue weighted by Gasteiger charge is 2.26. The normalized spacial score (nSPS) is 12.0. The van der Waals surface area contributed by atoms with E-state index in [-0.39, 0.29) is 24.1 Å². The van der Waals surface area contributed by atoms with Gasteiger partial charge in [0.05, 0.1) is 17.3 Å². The second kappa shape index (κ2) is 9.60. The van der Waals surface area contributed by atoms with Crippen LogP contribution in [0.15, 0.2) is 60.7 Å². The number of hydrogen-bond donors (Lipinski definition) is 4. The number of benzene rings is 2. The van der Waals surface area contributed by atoms with Crippen molar-refractivity contribution in [1.82, 2.24) is 15.1 Å². The van der Waals surface area contributed by atoms with Gasteiger partial charge in [-0.05, 0) is 36.1 Å². The largest absolute Gasteiger partial charge is 0.508 e. The summed E-state index contributed by atoms with van der Waals surface area (Å²) in [7, 11) is -1.63. The Bertz CT molecular complexity index is 989.